The van der Waals surface area contributed by atoms with E-state index in [4.69, 9.17) is 0 Å². The number of phenols is 1. The summed E-state index contributed by atoms with van der Waals surface area (Å²) in [6.07, 6.45) is 1.87. The zero-order chi connectivity index (χ0) is 14.1. The number of amides is 1. The normalized spacial score (nSPS) is 36.5. The van der Waals surface area contributed by atoms with E-state index >= 15 is 0 Å². The van der Waals surface area contributed by atoms with Gasteiger partial charge in [-0.1, -0.05) is 12.1 Å². The molecule has 2 saturated carbocycles. The Morgan fingerprint density at radius 2 is 2.10 bits per heavy atom. The van der Waals surface area contributed by atoms with Gasteiger partial charge in [-0.05, 0) is 24.5 Å². The smallest absolute Gasteiger partial charge is 0.259 e. The highest BCUT2D eigenvalue weighted by atomic mass is 16.3. The summed E-state index contributed by atoms with van der Waals surface area (Å²) >= 11 is 0. The molecule has 0 radical (unpaired) electrons. The summed E-state index contributed by atoms with van der Waals surface area (Å²) in [5, 5.41) is 22.7. The van der Waals surface area contributed by atoms with E-state index < -0.39 is 11.5 Å². The first-order valence-electron chi connectivity index (χ1n) is 6.60. The van der Waals surface area contributed by atoms with Gasteiger partial charge in [0.05, 0.1) is 11.3 Å². The van der Waals surface area contributed by atoms with E-state index in [1.54, 1.807) is 12.1 Å². The van der Waals surface area contributed by atoms with Crippen LogP contribution in [0.25, 0.3) is 0 Å². The van der Waals surface area contributed by atoms with E-state index in [1.165, 1.54) is 18.2 Å². The number of hydrogen-bond acceptors (Lipinski definition) is 4. The number of ketones is 1. The zero-order valence-electron chi connectivity index (χ0n) is 10.5. The maximum Gasteiger partial charge on any atom is 0.259 e. The molecular weight excluding hydrogens is 258 g/mol. The molecule has 0 spiro atoms. The number of hydrogen-bond donors (Lipinski definition) is 3. The minimum atomic E-state index is -1.07. The summed E-state index contributed by atoms with van der Waals surface area (Å²) in [7, 11) is 0. The number of rotatable bonds is 2. The number of aromatic hydroxyl groups is 1. The van der Waals surface area contributed by atoms with Gasteiger partial charge in [0.2, 0.25) is 0 Å². The second-order valence-corrected chi connectivity index (χ2v) is 5.78. The van der Waals surface area contributed by atoms with Gasteiger partial charge in [0.1, 0.15) is 11.4 Å². The molecule has 0 saturated heterocycles. The summed E-state index contributed by atoms with van der Waals surface area (Å²) in [5.41, 5.74) is -0.674. The van der Waals surface area contributed by atoms with Gasteiger partial charge >= 0.3 is 0 Å². The minimum absolute atomic E-state index is 0.0187. The van der Waals surface area contributed by atoms with Crippen molar-refractivity contribution in [3.8, 4) is 5.75 Å². The van der Waals surface area contributed by atoms with Crippen LogP contribution in [0.4, 0.5) is 0 Å². The van der Waals surface area contributed by atoms with Gasteiger partial charge in [0.15, 0.2) is 5.78 Å². The van der Waals surface area contributed by atoms with E-state index in [-0.39, 0.29) is 40.5 Å². The SMILES string of the molecule is O=C(NC1=CC(=O)[C@H]2C3C[C@@]1(O)C32)c1ccccc1O. The second kappa shape index (κ2) is 3.49. The lowest BCUT2D eigenvalue weighted by atomic mass is 9.76. The van der Waals surface area contributed by atoms with E-state index in [0.717, 1.165) is 0 Å². The largest absolute Gasteiger partial charge is 0.507 e. The Kier molecular flexibility index (Phi) is 2.04. The summed E-state index contributed by atoms with van der Waals surface area (Å²) in [6.45, 7) is 0. The molecule has 4 rings (SSSR count). The number of phenolic OH excluding ortho intramolecular Hbond substituents is 1. The van der Waals surface area contributed by atoms with Crippen molar-refractivity contribution in [3.63, 3.8) is 0 Å². The van der Waals surface area contributed by atoms with Gasteiger partial charge in [-0.25, -0.2) is 0 Å². The fraction of sp³-hybridized carbons (Fsp3) is 0.333. The number of nitrogens with one attached hydrogen (secondary N) is 1. The molecule has 0 heterocycles. The lowest BCUT2D eigenvalue weighted by Crippen LogP contribution is -2.49. The minimum Gasteiger partial charge on any atom is -0.507 e. The van der Waals surface area contributed by atoms with Crippen molar-refractivity contribution in [1.29, 1.82) is 0 Å². The van der Waals surface area contributed by atoms with Gasteiger partial charge in [-0.3, -0.25) is 9.59 Å². The van der Waals surface area contributed by atoms with Gasteiger partial charge < -0.3 is 15.5 Å². The third-order valence-corrected chi connectivity index (χ3v) is 4.75. The van der Waals surface area contributed by atoms with Crippen molar-refractivity contribution in [1.82, 2.24) is 5.32 Å². The summed E-state index contributed by atoms with van der Waals surface area (Å²) < 4.78 is 0. The predicted octanol–water partition coefficient (Wildman–Crippen LogP) is 0.586. The van der Waals surface area contributed by atoms with Crippen LogP contribution in [0.15, 0.2) is 36.0 Å². The molecular formula is C15H13NO4. The van der Waals surface area contributed by atoms with E-state index in [1.807, 2.05) is 0 Å². The maximum atomic E-state index is 12.1. The van der Waals surface area contributed by atoms with Crippen LogP contribution in [-0.4, -0.2) is 27.5 Å². The third kappa shape index (κ3) is 1.30. The number of aliphatic hydroxyl groups is 1. The lowest BCUT2D eigenvalue weighted by Gasteiger charge is -2.38. The van der Waals surface area contributed by atoms with Crippen LogP contribution in [0.5, 0.6) is 5.75 Å². The molecule has 4 atom stereocenters. The first-order chi connectivity index (χ1) is 9.52. The Bertz CT molecular complexity index is 680. The number of fused-ring (bicyclic) bond motifs is 1. The summed E-state index contributed by atoms with van der Waals surface area (Å²) in [5.74, 6) is -0.461. The Morgan fingerprint density at radius 1 is 1.35 bits per heavy atom. The van der Waals surface area contributed by atoms with E-state index in [2.05, 4.69) is 5.32 Å². The zero-order valence-corrected chi connectivity index (χ0v) is 10.5. The molecule has 1 amide bonds. The number of benzene rings is 1. The van der Waals surface area contributed by atoms with Crippen molar-refractivity contribution in [2.75, 3.05) is 0 Å². The molecule has 1 aromatic rings. The van der Waals surface area contributed by atoms with Crippen LogP contribution in [0.1, 0.15) is 16.8 Å². The maximum absolute atomic E-state index is 12.1. The fourth-order valence-electron chi connectivity index (χ4n) is 3.65. The predicted molar refractivity (Wildman–Crippen MR) is 68.7 cm³/mol. The molecule has 0 aliphatic heterocycles. The Hall–Kier alpha value is -2.14. The fourth-order valence-corrected chi connectivity index (χ4v) is 3.65. The Balaban J connectivity index is 1.62. The topological polar surface area (TPSA) is 86.6 Å². The Morgan fingerprint density at radius 3 is 2.85 bits per heavy atom. The van der Waals surface area contributed by atoms with Crippen LogP contribution in [0, 0.1) is 17.8 Å². The highest BCUT2D eigenvalue weighted by Gasteiger charge is 2.76. The van der Waals surface area contributed by atoms with Crippen LogP contribution in [-0.2, 0) is 4.79 Å². The molecule has 5 heteroatoms. The number of carbonyl (C=O) groups is 2. The summed E-state index contributed by atoms with van der Waals surface area (Å²) in [4.78, 5) is 24.0. The van der Waals surface area contributed by atoms with Gasteiger partial charge in [0, 0.05) is 17.9 Å². The molecule has 3 aliphatic carbocycles. The van der Waals surface area contributed by atoms with Crippen molar-refractivity contribution in [2.45, 2.75) is 12.0 Å². The summed E-state index contributed by atoms with van der Waals surface area (Å²) in [6, 6.07) is 6.16. The quantitative estimate of drug-likeness (QED) is 0.734. The molecule has 3 aliphatic rings. The number of carbonyl (C=O) groups excluding carboxylic acids is 2. The molecule has 5 nitrogen and oxygen atoms in total. The Labute approximate surface area is 114 Å². The monoisotopic (exact) mass is 271 g/mol. The first-order valence-corrected chi connectivity index (χ1v) is 6.60. The van der Waals surface area contributed by atoms with Crippen LogP contribution in [0.2, 0.25) is 0 Å². The standard InChI is InChI=1S/C15H13NO4/c17-9-4-2-1-3-7(9)14(19)16-11-5-10(18)12-8-6-15(11,20)13(8)12/h1-5,8,12-13,17,20H,6H2,(H,16,19)/t8?,12-,13?,15+/m1/s1. The molecule has 0 bridgehead atoms. The van der Waals surface area contributed by atoms with Gasteiger partial charge in [0.25, 0.3) is 5.91 Å². The van der Waals surface area contributed by atoms with Crippen LogP contribution < -0.4 is 5.32 Å². The van der Waals surface area contributed by atoms with Crippen molar-refractivity contribution >= 4 is 11.7 Å². The van der Waals surface area contributed by atoms with E-state index in [0.29, 0.717) is 6.42 Å². The lowest BCUT2D eigenvalue weighted by molar-refractivity contribution is -0.117. The average Bonchev–Trinajstić information content (AvgIpc) is 3.06. The molecule has 0 aromatic heterocycles. The van der Waals surface area contributed by atoms with Crippen molar-refractivity contribution in [2.24, 2.45) is 17.8 Å². The molecule has 1 aromatic carbocycles. The number of allylic oxidation sites excluding steroid dienone is 1. The molecule has 20 heavy (non-hydrogen) atoms. The molecule has 3 N–H and O–H groups in total. The first kappa shape index (κ1) is 11.7. The second-order valence-electron chi connectivity index (χ2n) is 5.78. The highest BCUT2D eigenvalue weighted by molar-refractivity contribution is 6.02. The van der Waals surface area contributed by atoms with Crippen LogP contribution >= 0.6 is 0 Å². The molecule has 102 valence electrons. The average molecular weight is 271 g/mol. The molecule has 2 unspecified atom stereocenters. The van der Waals surface area contributed by atoms with Crippen molar-refractivity contribution in [3.05, 3.63) is 41.6 Å². The van der Waals surface area contributed by atoms with Crippen LogP contribution in [0.3, 0.4) is 0 Å². The van der Waals surface area contributed by atoms with E-state index in [9.17, 15) is 19.8 Å². The third-order valence-electron chi connectivity index (χ3n) is 4.75. The van der Waals surface area contributed by atoms with Gasteiger partial charge in [-0.15, -0.1) is 0 Å². The molecule has 2 fully saturated rings. The highest BCUT2D eigenvalue weighted by Crippen LogP contribution is 2.70. The van der Waals surface area contributed by atoms with Gasteiger partial charge in [-0.2, -0.15) is 0 Å². The van der Waals surface area contributed by atoms with Crippen molar-refractivity contribution < 1.29 is 19.8 Å². The number of para-hydroxylation sites is 1.